The molecule has 9 aromatic rings. The van der Waals surface area contributed by atoms with Crippen molar-refractivity contribution >= 4 is 99.8 Å². The number of nitrogens with zero attached hydrogens (tertiary/aromatic N) is 3. The molecule has 0 saturated heterocycles. The molecule has 7 aromatic carbocycles. The first-order valence-corrected chi connectivity index (χ1v) is 26.6. The maximum Gasteiger partial charge on any atom is 0.252 e. The lowest BCUT2D eigenvalue weighted by Gasteiger charge is -2.45. The Morgan fingerprint density at radius 2 is 1.06 bits per heavy atom. The summed E-state index contributed by atoms with van der Waals surface area (Å²) in [6.45, 7) is 33.2. The molecule has 0 atom stereocenters. The van der Waals surface area contributed by atoms with E-state index in [4.69, 9.17) is 0 Å². The number of hydrogen-bond acceptors (Lipinski definition) is 3. The van der Waals surface area contributed by atoms with Gasteiger partial charge in [-0.3, -0.25) is 0 Å². The third kappa shape index (κ3) is 6.73. The van der Waals surface area contributed by atoms with Crippen LogP contribution in [0.3, 0.4) is 0 Å². The lowest BCUT2D eigenvalue weighted by Crippen LogP contribution is -2.60. The van der Waals surface area contributed by atoms with Crippen LogP contribution < -0.4 is 26.2 Å². The molecule has 0 bridgehead atoms. The molecule has 0 spiro atoms. The first kappa shape index (κ1) is 45.1. The van der Waals surface area contributed by atoms with E-state index < -0.39 is 0 Å². The standard InChI is InChI=1S/C65H68BN3S/c1-39-34-48-49(65(13,14)33-32-64(48,11)12)38-52(39)68-53-35-42(63(8,9)10)26-31-50(53)66-51-20-17-19-47-58(51)69(59-46-18-15-16-21-56(46)70-60(47)59)55-37-45(36-54(68)57(55)66)67(43-27-22-40(23-28-43)61(2,3)4)44-29-24-41(25-30-44)62(5,6)7/h15-31,34-38H,32-33H2,1-14H3. The van der Waals surface area contributed by atoms with E-state index >= 15 is 0 Å². The van der Waals surface area contributed by atoms with Crippen LogP contribution in [-0.4, -0.2) is 11.3 Å². The van der Waals surface area contributed by atoms with Crippen molar-refractivity contribution in [2.75, 3.05) is 9.80 Å². The molecule has 0 unspecified atom stereocenters. The summed E-state index contributed by atoms with van der Waals surface area (Å²) in [5.41, 5.74) is 23.7. The number of fused-ring (bicyclic) bond motifs is 10. The van der Waals surface area contributed by atoms with E-state index in [1.807, 2.05) is 11.3 Å². The highest BCUT2D eigenvalue weighted by atomic mass is 32.1. The molecule has 0 radical (unpaired) electrons. The monoisotopic (exact) mass is 934 g/mol. The van der Waals surface area contributed by atoms with Crippen LogP contribution in [0.2, 0.25) is 0 Å². The predicted molar refractivity (Wildman–Crippen MR) is 306 cm³/mol. The number of benzene rings is 7. The van der Waals surface area contributed by atoms with Crippen LogP contribution in [-0.2, 0) is 27.1 Å². The average Bonchev–Trinajstić information content (AvgIpc) is 3.84. The van der Waals surface area contributed by atoms with E-state index in [0.717, 1.165) is 23.5 Å². The van der Waals surface area contributed by atoms with Crippen LogP contribution in [0.1, 0.15) is 136 Å². The Hall–Kier alpha value is -6.04. The molecule has 0 N–H and O–H groups in total. The Kier molecular flexibility index (Phi) is 9.67. The fourth-order valence-corrected chi connectivity index (χ4v) is 13.6. The molecular formula is C65H68BN3S. The lowest BCUT2D eigenvalue weighted by molar-refractivity contribution is 0.332. The minimum Gasteiger partial charge on any atom is -0.311 e. The molecule has 4 heterocycles. The number of aromatic nitrogens is 1. The lowest BCUT2D eigenvalue weighted by atomic mass is 9.33. The van der Waals surface area contributed by atoms with Crippen LogP contribution >= 0.6 is 11.3 Å². The zero-order valence-corrected chi connectivity index (χ0v) is 44.8. The van der Waals surface area contributed by atoms with Crippen molar-refractivity contribution in [2.45, 2.75) is 137 Å². The van der Waals surface area contributed by atoms with E-state index in [2.05, 4.69) is 245 Å². The summed E-state index contributed by atoms with van der Waals surface area (Å²) in [5, 5.41) is 2.65. The van der Waals surface area contributed by atoms with Crippen molar-refractivity contribution < 1.29 is 0 Å². The van der Waals surface area contributed by atoms with Gasteiger partial charge in [0.15, 0.2) is 0 Å². The fraction of sp³-hybridized carbons (Fsp3) is 0.323. The zero-order chi connectivity index (χ0) is 49.2. The first-order valence-electron chi connectivity index (χ1n) is 25.8. The molecule has 0 amide bonds. The number of aryl methyl sites for hydroxylation is 1. The molecule has 1 aliphatic carbocycles. The molecular weight excluding hydrogens is 866 g/mol. The van der Waals surface area contributed by atoms with Gasteiger partial charge in [0.2, 0.25) is 0 Å². The molecule has 352 valence electrons. The number of anilines is 6. The Morgan fingerprint density at radius 3 is 1.67 bits per heavy atom. The van der Waals surface area contributed by atoms with Crippen molar-refractivity contribution in [1.29, 1.82) is 0 Å². The molecule has 5 heteroatoms. The highest BCUT2D eigenvalue weighted by Crippen LogP contribution is 2.52. The molecule has 0 fully saturated rings. The molecule has 70 heavy (non-hydrogen) atoms. The topological polar surface area (TPSA) is 11.4 Å². The van der Waals surface area contributed by atoms with E-state index in [-0.39, 0.29) is 33.8 Å². The second kappa shape index (κ2) is 15.0. The summed E-state index contributed by atoms with van der Waals surface area (Å²) >= 11 is 1.94. The Morgan fingerprint density at radius 1 is 0.500 bits per heavy atom. The fourth-order valence-electron chi connectivity index (χ4n) is 12.4. The summed E-state index contributed by atoms with van der Waals surface area (Å²) in [6.07, 6.45) is 2.35. The number of para-hydroxylation sites is 1. The van der Waals surface area contributed by atoms with Crippen molar-refractivity contribution in [1.82, 2.24) is 4.57 Å². The Labute approximate surface area is 421 Å². The van der Waals surface area contributed by atoms with Gasteiger partial charge in [-0.25, -0.2) is 0 Å². The Balaban J connectivity index is 1.24. The van der Waals surface area contributed by atoms with Crippen molar-refractivity contribution in [2.24, 2.45) is 0 Å². The third-order valence-electron chi connectivity index (χ3n) is 16.6. The van der Waals surface area contributed by atoms with Crippen molar-refractivity contribution in [3.8, 4) is 5.69 Å². The molecule has 12 rings (SSSR count). The number of hydrogen-bond donors (Lipinski definition) is 0. The first-order chi connectivity index (χ1) is 33.0. The van der Waals surface area contributed by atoms with Gasteiger partial charge in [-0.15, -0.1) is 11.3 Å². The van der Waals surface area contributed by atoms with Crippen molar-refractivity contribution in [3.05, 3.63) is 167 Å². The minimum atomic E-state index is -0.0488. The molecule has 2 aliphatic heterocycles. The van der Waals surface area contributed by atoms with Crippen LogP contribution in [0.4, 0.5) is 34.1 Å². The average molecular weight is 934 g/mol. The molecule has 3 aliphatic rings. The molecule has 3 nitrogen and oxygen atoms in total. The number of rotatable bonds is 4. The second-order valence-corrected chi connectivity index (χ2v) is 26.5. The zero-order valence-electron chi connectivity index (χ0n) is 43.9. The van der Waals surface area contributed by atoms with Gasteiger partial charge in [0.1, 0.15) is 0 Å². The van der Waals surface area contributed by atoms with Gasteiger partial charge < -0.3 is 14.4 Å². The van der Waals surface area contributed by atoms with Crippen LogP contribution in [0.5, 0.6) is 0 Å². The van der Waals surface area contributed by atoms with E-state index in [0.29, 0.717) is 0 Å². The van der Waals surface area contributed by atoms with Gasteiger partial charge in [0, 0.05) is 49.6 Å². The van der Waals surface area contributed by atoms with E-state index in [1.54, 1.807) is 0 Å². The minimum absolute atomic E-state index is 0.0287. The van der Waals surface area contributed by atoms with Crippen molar-refractivity contribution in [3.63, 3.8) is 0 Å². The van der Waals surface area contributed by atoms with E-state index in [1.165, 1.54) is 110 Å². The third-order valence-corrected chi connectivity index (χ3v) is 17.8. The maximum absolute atomic E-state index is 2.71. The smallest absolute Gasteiger partial charge is 0.252 e. The summed E-state index contributed by atoms with van der Waals surface area (Å²) < 4.78 is 5.37. The van der Waals surface area contributed by atoms with Gasteiger partial charge >= 0.3 is 0 Å². The SMILES string of the molecule is Cc1cc2c(cc1N1c3cc(C(C)(C)C)ccc3B3c4c1cc(N(c1ccc(C(C)(C)C)cc1)c1ccc(C(C)(C)C)cc1)cc4-n1c4c3cccc4c3sc4ccccc4c31)C(C)(C)CCC2(C)C. The molecule has 2 aromatic heterocycles. The Bertz CT molecular complexity index is 3560. The summed E-state index contributed by atoms with van der Waals surface area (Å²) in [7, 11) is 0. The van der Waals surface area contributed by atoms with Gasteiger partial charge in [-0.05, 0) is 151 Å². The highest BCUT2D eigenvalue weighted by molar-refractivity contribution is 7.26. The van der Waals surface area contributed by atoms with Gasteiger partial charge in [-0.2, -0.15) is 0 Å². The second-order valence-electron chi connectivity index (χ2n) is 25.4. The van der Waals surface area contributed by atoms with Crippen LogP contribution in [0.15, 0.2) is 133 Å². The van der Waals surface area contributed by atoms with Gasteiger partial charge in [0.25, 0.3) is 6.71 Å². The summed E-state index contributed by atoms with van der Waals surface area (Å²) in [6, 6.07) is 52.7. The summed E-state index contributed by atoms with van der Waals surface area (Å²) in [4.78, 5) is 5.23. The number of thiophene rings is 1. The van der Waals surface area contributed by atoms with Gasteiger partial charge in [-0.1, -0.05) is 169 Å². The molecule has 0 saturated carbocycles. The normalized spacial score (nSPS) is 15.9. The quantitative estimate of drug-likeness (QED) is 0.163. The van der Waals surface area contributed by atoms with Crippen LogP contribution in [0.25, 0.3) is 36.9 Å². The van der Waals surface area contributed by atoms with Gasteiger partial charge in [0.05, 0.1) is 21.4 Å². The summed E-state index contributed by atoms with van der Waals surface area (Å²) in [5.74, 6) is 0. The van der Waals surface area contributed by atoms with E-state index in [9.17, 15) is 0 Å². The predicted octanol–water partition coefficient (Wildman–Crippen LogP) is 16.6. The largest absolute Gasteiger partial charge is 0.311 e. The van der Waals surface area contributed by atoms with Crippen LogP contribution in [0, 0.1) is 6.92 Å². The highest BCUT2D eigenvalue weighted by Gasteiger charge is 2.45. The maximum atomic E-state index is 2.71.